The zero-order valence-electron chi connectivity index (χ0n) is 10.1. The molecule has 2 rings (SSSR count). The molecule has 0 aliphatic carbocycles. The Bertz CT molecular complexity index is 505. The van der Waals surface area contributed by atoms with Crippen molar-refractivity contribution in [1.29, 1.82) is 0 Å². The molecule has 17 heavy (non-hydrogen) atoms. The van der Waals surface area contributed by atoms with Crippen LogP contribution in [0.4, 0.5) is 10.1 Å². The van der Waals surface area contributed by atoms with Gasteiger partial charge in [0.2, 0.25) is 0 Å². The zero-order chi connectivity index (χ0) is 12.3. The van der Waals surface area contributed by atoms with E-state index in [-0.39, 0.29) is 5.82 Å². The molecule has 0 bridgehead atoms. The molecular weight excluding hydrogens is 217 g/mol. The Balaban J connectivity index is 2.02. The van der Waals surface area contributed by atoms with E-state index in [0.717, 1.165) is 23.5 Å². The minimum Gasteiger partial charge on any atom is -0.464 e. The van der Waals surface area contributed by atoms with E-state index in [0.29, 0.717) is 12.2 Å². The van der Waals surface area contributed by atoms with E-state index in [2.05, 4.69) is 5.32 Å². The number of furan rings is 1. The number of rotatable bonds is 4. The second-order valence-corrected chi connectivity index (χ2v) is 4.06. The largest absolute Gasteiger partial charge is 0.464 e. The van der Waals surface area contributed by atoms with E-state index in [1.54, 1.807) is 6.07 Å². The Morgan fingerprint density at radius 1 is 1.18 bits per heavy atom. The Labute approximate surface area is 100 Å². The maximum Gasteiger partial charge on any atom is 0.146 e. The van der Waals surface area contributed by atoms with E-state index in [1.807, 2.05) is 32.0 Å². The van der Waals surface area contributed by atoms with Gasteiger partial charge in [-0.3, -0.25) is 0 Å². The van der Waals surface area contributed by atoms with E-state index in [9.17, 15) is 4.39 Å². The number of hydrogen-bond donors (Lipinski definition) is 1. The summed E-state index contributed by atoms with van der Waals surface area (Å²) in [6.07, 6.45) is 0.874. The molecule has 1 heterocycles. The van der Waals surface area contributed by atoms with Gasteiger partial charge in [0, 0.05) is 6.42 Å². The van der Waals surface area contributed by atoms with Crippen LogP contribution in [0.3, 0.4) is 0 Å². The SMILES string of the molecule is CCc1ccc(CNc2ccc(C)cc2F)o1. The van der Waals surface area contributed by atoms with Crippen LogP contribution in [0.15, 0.2) is 34.7 Å². The molecule has 0 saturated carbocycles. The van der Waals surface area contributed by atoms with E-state index < -0.39 is 0 Å². The van der Waals surface area contributed by atoms with Gasteiger partial charge in [-0.15, -0.1) is 0 Å². The Hall–Kier alpha value is -1.77. The van der Waals surface area contributed by atoms with Crippen molar-refractivity contribution in [3.05, 3.63) is 53.2 Å². The van der Waals surface area contributed by atoms with Crippen molar-refractivity contribution >= 4 is 5.69 Å². The molecule has 0 unspecified atom stereocenters. The topological polar surface area (TPSA) is 25.2 Å². The second-order valence-electron chi connectivity index (χ2n) is 4.06. The molecule has 0 aliphatic rings. The van der Waals surface area contributed by atoms with E-state index >= 15 is 0 Å². The third kappa shape index (κ3) is 2.87. The zero-order valence-corrected chi connectivity index (χ0v) is 10.1. The first-order valence-corrected chi connectivity index (χ1v) is 5.76. The predicted octanol–water partition coefficient (Wildman–Crippen LogP) is 3.90. The molecule has 0 radical (unpaired) electrons. The Morgan fingerprint density at radius 2 is 1.94 bits per heavy atom. The highest BCUT2D eigenvalue weighted by Gasteiger charge is 2.04. The monoisotopic (exact) mass is 233 g/mol. The fourth-order valence-electron chi connectivity index (χ4n) is 1.65. The van der Waals surface area contributed by atoms with E-state index in [1.165, 1.54) is 6.07 Å². The third-order valence-electron chi connectivity index (χ3n) is 2.64. The number of benzene rings is 1. The summed E-state index contributed by atoms with van der Waals surface area (Å²) in [7, 11) is 0. The summed E-state index contributed by atoms with van der Waals surface area (Å²) in [5.41, 5.74) is 1.42. The lowest BCUT2D eigenvalue weighted by atomic mass is 10.2. The van der Waals surface area contributed by atoms with Crippen LogP contribution in [0.5, 0.6) is 0 Å². The van der Waals surface area contributed by atoms with Gasteiger partial charge in [0.05, 0.1) is 12.2 Å². The summed E-state index contributed by atoms with van der Waals surface area (Å²) >= 11 is 0. The van der Waals surface area contributed by atoms with Gasteiger partial charge in [0.15, 0.2) is 0 Å². The molecular formula is C14H16FNO. The highest BCUT2D eigenvalue weighted by atomic mass is 19.1. The molecule has 0 spiro atoms. The first kappa shape index (κ1) is 11.7. The number of hydrogen-bond acceptors (Lipinski definition) is 2. The molecule has 0 saturated heterocycles. The molecule has 0 aliphatic heterocycles. The molecule has 1 N–H and O–H groups in total. The highest BCUT2D eigenvalue weighted by Crippen LogP contribution is 2.17. The molecule has 0 atom stereocenters. The van der Waals surface area contributed by atoms with Gasteiger partial charge in [0.1, 0.15) is 17.3 Å². The minimum atomic E-state index is -0.229. The lowest BCUT2D eigenvalue weighted by Gasteiger charge is -2.06. The van der Waals surface area contributed by atoms with E-state index in [4.69, 9.17) is 4.42 Å². The van der Waals surface area contributed by atoms with Gasteiger partial charge >= 0.3 is 0 Å². The van der Waals surface area contributed by atoms with Crippen LogP contribution < -0.4 is 5.32 Å². The fraction of sp³-hybridized carbons (Fsp3) is 0.286. The van der Waals surface area contributed by atoms with Crippen LogP contribution in [-0.2, 0) is 13.0 Å². The number of aryl methyl sites for hydroxylation is 2. The molecule has 1 aromatic heterocycles. The van der Waals surface area contributed by atoms with Crippen molar-refractivity contribution in [3.8, 4) is 0 Å². The fourth-order valence-corrected chi connectivity index (χ4v) is 1.65. The number of nitrogens with one attached hydrogen (secondary N) is 1. The lowest BCUT2D eigenvalue weighted by molar-refractivity contribution is 0.475. The average molecular weight is 233 g/mol. The van der Waals surface area contributed by atoms with Crippen molar-refractivity contribution in [1.82, 2.24) is 0 Å². The van der Waals surface area contributed by atoms with Crippen molar-refractivity contribution in [2.24, 2.45) is 0 Å². The molecule has 0 fully saturated rings. The number of halogens is 1. The number of anilines is 1. The molecule has 90 valence electrons. The van der Waals surface area contributed by atoms with Gasteiger partial charge < -0.3 is 9.73 Å². The minimum absolute atomic E-state index is 0.229. The summed E-state index contributed by atoms with van der Waals surface area (Å²) in [5.74, 6) is 1.54. The first-order valence-electron chi connectivity index (χ1n) is 5.76. The van der Waals surface area contributed by atoms with Crippen LogP contribution in [0.1, 0.15) is 24.0 Å². The summed E-state index contributed by atoms with van der Waals surface area (Å²) in [5, 5.41) is 3.03. The molecule has 0 amide bonds. The maximum atomic E-state index is 13.5. The lowest BCUT2D eigenvalue weighted by Crippen LogP contribution is -2.00. The summed E-state index contributed by atoms with van der Waals surface area (Å²) in [6, 6.07) is 9.00. The summed E-state index contributed by atoms with van der Waals surface area (Å²) in [6.45, 7) is 4.41. The van der Waals surface area contributed by atoms with Gasteiger partial charge in [-0.1, -0.05) is 13.0 Å². The van der Waals surface area contributed by atoms with Crippen molar-refractivity contribution in [2.45, 2.75) is 26.8 Å². The van der Waals surface area contributed by atoms with Gasteiger partial charge in [0.25, 0.3) is 0 Å². The summed E-state index contributed by atoms with van der Waals surface area (Å²) in [4.78, 5) is 0. The van der Waals surface area contributed by atoms with Crippen molar-refractivity contribution < 1.29 is 8.81 Å². The quantitative estimate of drug-likeness (QED) is 0.866. The standard InChI is InChI=1S/C14H16FNO/c1-3-11-5-6-12(17-11)9-16-14-7-4-10(2)8-13(14)15/h4-8,16H,3,9H2,1-2H3. The molecule has 2 nitrogen and oxygen atoms in total. The van der Waals surface area contributed by atoms with Crippen LogP contribution in [0.2, 0.25) is 0 Å². The van der Waals surface area contributed by atoms with Crippen LogP contribution in [0, 0.1) is 12.7 Å². The molecule has 2 aromatic rings. The second kappa shape index (κ2) is 5.04. The first-order chi connectivity index (χ1) is 8.19. The van der Waals surface area contributed by atoms with Crippen molar-refractivity contribution in [3.63, 3.8) is 0 Å². The van der Waals surface area contributed by atoms with Gasteiger partial charge in [-0.05, 0) is 36.8 Å². The highest BCUT2D eigenvalue weighted by molar-refractivity contribution is 5.46. The normalized spacial score (nSPS) is 10.5. The Morgan fingerprint density at radius 3 is 2.59 bits per heavy atom. The van der Waals surface area contributed by atoms with Crippen LogP contribution >= 0.6 is 0 Å². The van der Waals surface area contributed by atoms with Crippen LogP contribution in [-0.4, -0.2) is 0 Å². The smallest absolute Gasteiger partial charge is 0.146 e. The average Bonchev–Trinajstić information content (AvgIpc) is 2.76. The summed E-state index contributed by atoms with van der Waals surface area (Å²) < 4.78 is 19.1. The van der Waals surface area contributed by atoms with Gasteiger partial charge in [-0.2, -0.15) is 0 Å². The maximum absolute atomic E-state index is 13.5. The molecule has 3 heteroatoms. The molecule has 1 aromatic carbocycles. The van der Waals surface area contributed by atoms with Crippen LogP contribution in [0.25, 0.3) is 0 Å². The van der Waals surface area contributed by atoms with Gasteiger partial charge in [-0.25, -0.2) is 4.39 Å². The van der Waals surface area contributed by atoms with Crippen molar-refractivity contribution in [2.75, 3.05) is 5.32 Å². The predicted molar refractivity (Wildman–Crippen MR) is 66.5 cm³/mol. The third-order valence-corrected chi connectivity index (χ3v) is 2.64. The Kier molecular flexibility index (Phi) is 3.47.